The molecule has 0 saturated carbocycles. The lowest BCUT2D eigenvalue weighted by Gasteiger charge is -2.17. The van der Waals surface area contributed by atoms with E-state index in [0.717, 1.165) is 26.2 Å². The van der Waals surface area contributed by atoms with Gasteiger partial charge in [-0.15, -0.1) is 34.0 Å². The smallest absolute Gasteiger partial charge is 0.255 e. The van der Waals surface area contributed by atoms with E-state index < -0.39 is 0 Å². The minimum Gasteiger partial charge on any atom is -0.339 e. The lowest BCUT2D eigenvalue weighted by molar-refractivity contribution is 0.0764. The van der Waals surface area contributed by atoms with Gasteiger partial charge in [-0.3, -0.25) is 19.6 Å². The van der Waals surface area contributed by atoms with Crippen LogP contribution >= 0.6 is 34.0 Å². The predicted octanol–water partition coefficient (Wildman–Crippen LogP) is 6.59. The van der Waals surface area contributed by atoms with Crippen LogP contribution in [0.1, 0.15) is 59.5 Å². The van der Waals surface area contributed by atoms with Crippen LogP contribution in [0.25, 0.3) is 0 Å². The number of rotatable bonds is 6. The average molecular weight is 624 g/mol. The van der Waals surface area contributed by atoms with E-state index in [-0.39, 0.29) is 45.8 Å². The number of nitrogens with zero attached hydrogens (tertiary/aromatic N) is 4. The van der Waals surface area contributed by atoms with Gasteiger partial charge < -0.3 is 9.80 Å². The first-order valence-electron chi connectivity index (χ1n) is 11.8. The highest BCUT2D eigenvalue weighted by Crippen LogP contribution is 2.03. The van der Waals surface area contributed by atoms with Crippen molar-refractivity contribution in [2.45, 2.75) is 41.5 Å². The highest BCUT2D eigenvalue weighted by atomic mass is 79.9. The van der Waals surface area contributed by atoms with Gasteiger partial charge in [0.25, 0.3) is 11.8 Å². The van der Waals surface area contributed by atoms with Gasteiger partial charge in [-0.25, -0.2) is 0 Å². The van der Waals surface area contributed by atoms with E-state index in [1.165, 1.54) is 11.1 Å². The van der Waals surface area contributed by atoms with Gasteiger partial charge in [0.1, 0.15) is 0 Å². The number of amides is 2. The van der Waals surface area contributed by atoms with E-state index in [2.05, 4.69) is 48.1 Å². The Hall–Kier alpha value is -2.58. The van der Waals surface area contributed by atoms with Crippen molar-refractivity contribution in [3.05, 3.63) is 95.6 Å². The van der Waals surface area contributed by atoms with Crippen LogP contribution in [-0.4, -0.2) is 57.8 Å². The summed E-state index contributed by atoms with van der Waals surface area (Å²) in [6.07, 6.45) is 6.53. The van der Waals surface area contributed by atoms with Crippen molar-refractivity contribution < 1.29 is 9.59 Å². The summed E-state index contributed by atoms with van der Waals surface area (Å²) in [6, 6.07) is 15.6. The standard InChI is InChI=1S/2C10H14N2O.C8H10.2BrH/c2*1-3-12(4-2)10(13)9-6-5-7-11-8-9;1-7-3-5-8(2)6-4-7;;/h2*5-8H,3-4H2,1-2H3;3-6H,1-2H3;2*1H. The summed E-state index contributed by atoms with van der Waals surface area (Å²) in [7, 11) is 0. The largest absolute Gasteiger partial charge is 0.339 e. The molecular weight excluding hydrogens is 584 g/mol. The van der Waals surface area contributed by atoms with Crippen molar-refractivity contribution in [1.82, 2.24) is 19.8 Å². The van der Waals surface area contributed by atoms with Crippen LogP contribution in [0.15, 0.2) is 73.3 Å². The van der Waals surface area contributed by atoms with E-state index >= 15 is 0 Å². The van der Waals surface area contributed by atoms with Gasteiger partial charge in [-0.2, -0.15) is 0 Å². The van der Waals surface area contributed by atoms with Gasteiger partial charge in [0.05, 0.1) is 11.1 Å². The molecule has 198 valence electrons. The molecule has 0 unspecified atom stereocenters. The van der Waals surface area contributed by atoms with E-state index in [4.69, 9.17) is 0 Å². The number of benzene rings is 1. The minimum absolute atomic E-state index is 0. The summed E-state index contributed by atoms with van der Waals surface area (Å²) in [4.78, 5) is 34.8. The summed E-state index contributed by atoms with van der Waals surface area (Å²) < 4.78 is 0. The third kappa shape index (κ3) is 12.9. The second kappa shape index (κ2) is 20.6. The van der Waals surface area contributed by atoms with Gasteiger partial charge in [-0.1, -0.05) is 35.4 Å². The fourth-order valence-corrected chi connectivity index (χ4v) is 3.00. The van der Waals surface area contributed by atoms with Gasteiger partial charge >= 0.3 is 0 Å². The number of hydrogen-bond acceptors (Lipinski definition) is 4. The number of carbonyl (C=O) groups excluding carboxylic acids is 2. The highest BCUT2D eigenvalue weighted by Gasteiger charge is 2.12. The summed E-state index contributed by atoms with van der Waals surface area (Å²) in [5.41, 5.74) is 3.98. The van der Waals surface area contributed by atoms with Crippen molar-refractivity contribution in [2.75, 3.05) is 26.2 Å². The van der Waals surface area contributed by atoms with Crippen molar-refractivity contribution in [3.63, 3.8) is 0 Å². The zero-order chi connectivity index (χ0) is 25.3. The van der Waals surface area contributed by atoms with E-state index in [0.29, 0.717) is 11.1 Å². The first kappa shape index (κ1) is 35.6. The monoisotopic (exact) mass is 622 g/mol. The molecule has 0 N–H and O–H groups in total. The molecule has 0 aliphatic heterocycles. The van der Waals surface area contributed by atoms with Crippen LogP contribution in [-0.2, 0) is 0 Å². The van der Waals surface area contributed by atoms with E-state index in [1.54, 1.807) is 58.9 Å². The average Bonchev–Trinajstić information content (AvgIpc) is 2.89. The summed E-state index contributed by atoms with van der Waals surface area (Å²) >= 11 is 0. The Bertz CT molecular complexity index is 883. The molecule has 2 heterocycles. The van der Waals surface area contributed by atoms with Crippen LogP contribution in [0.3, 0.4) is 0 Å². The molecule has 0 aliphatic rings. The molecule has 0 spiro atoms. The molecule has 36 heavy (non-hydrogen) atoms. The first-order valence-corrected chi connectivity index (χ1v) is 11.8. The van der Waals surface area contributed by atoms with Crippen LogP contribution in [0.5, 0.6) is 0 Å². The predicted molar refractivity (Wildman–Crippen MR) is 160 cm³/mol. The topological polar surface area (TPSA) is 66.4 Å². The molecule has 1 aromatic carbocycles. The molecule has 0 fully saturated rings. The molecule has 6 nitrogen and oxygen atoms in total. The van der Waals surface area contributed by atoms with Crippen LogP contribution in [0, 0.1) is 13.8 Å². The Morgan fingerprint density at radius 1 is 0.611 bits per heavy atom. The Kier molecular flexibility index (Phi) is 20.4. The molecule has 0 saturated heterocycles. The molecule has 8 heteroatoms. The fourth-order valence-electron chi connectivity index (χ4n) is 3.00. The Morgan fingerprint density at radius 2 is 0.917 bits per heavy atom. The van der Waals surface area contributed by atoms with Crippen molar-refractivity contribution in [1.29, 1.82) is 0 Å². The van der Waals surface area contributed by atoms with Gasteiger partial charge in [0, 0.05) is 51.0 Å². The molecule has 0 aliphatic carbocycles. The lowest BCUT2D eigenvalue weighted by atomic mass is 10.2. The highest BCUT2D eigenvalue weighted by molar-refractivity contribution is 8.93. The molecule has 3 aromatic rings. The van der Waals surface area contributed by atoms with E-state index in [9.17, 15) is 9.59 Å². The van der Waals surface area contributed by atoms with Gasteiger partial charge in [0.2, 0.25) is 0 Å². The number of hydrogen-bond donors (Lipinski definition) is 0. The number of aromatic nitrogens is 2. The molecule has 2 aromatic heterocycles. The summed E-state index contributed by atoms with van der Waals surface area (Å²) in [5, 5.41) is 0. The maximum absolute atomic E-state index is 11.7. The number of pyridine rings is 2. The second-order valence-electron chi connectivity index (χ2n) is 7.59. The number of halogens is 2. The summed E-state index contributed by atoms with van der Waals surface area (Å²) in [6.45, 7) is 15.0. The maximum atomic E-state index is 11.7. The maximum Gasteiger partial charge on any atom is 0.255 e. The molecule has 0 atom stereocenters. The summed E-state index contributed by atoms with van der Waals surface area (Å²) in [5.74, 6) is 0.108. The molecule has 0 radical (unpaired) electrons. The number of aryl methyl sites for hydroxylation is 2. The lowest BCUT2D eigenvalue weighted by Crippen LogP contribution is -2.30. The van der Waals surface area contributed by atoms with Crippen molar-refractivity contribution in [2.24, 2.45) is 0 Å². The van der Waals surface area contributed by atoms with Crippen LogP contribution < -0.4 is 0 Å². The van der Waals surface area contributed by atoms with Gasteiger partial charge in [0.15, 0.2) is 0 Å². The minimum atomic E-state index is 0. The van der Waals surface area contributed by atoms with E-state index in [1.807, 2.05) is 27.7 Å². The third-order valence-electron chi connectivity index (χ3n) is 5.14. The molecular formula is C28H40Br2N4O2. The second-order valence-corrected chi connectivity index (χ2v) is 7.59. The van der Waals surface area contributed by atoms with Crippen LogP contribution in [0.2, 0.25) is 0 Å². The Balaban J connectivity index is 0. The first-order chi connectivity index (χ1) is 16.4. The van der Waals surface area contributed by atoms with Crippen LogP contribution in [0.4, 0.5) is 0 Å². The fraction of sp³-hybridized carbons (Fsp3) is 0.357. The number of carbonyl (C=O) groups is 2. The van der Waals surface area contributed by atoms with Crippen molar-refractivity contribution >= 4 is 45.8 Å². The third-order valence-corrected chi connectivity index (χ3v) is 5.14. The molecule has 3 rings (SSSR count). The SMILES string of the molecule is Br.Br.CCN(CC)C(=O)c1cccnc1.CCN(CC)C(=O)c1cccnc1.Cc1ccc(C)cc1. The normalized spacial score (nSPS) is 9.06. The molecule has 0 bridgehead atoms. The molecule has 2 amide bonds. The Labute approximate surface area is 237 Å². The Morgan fingerprint density at radius 3 is 1.14 bits per heavy atom. The van der Waals surface area contributed by atoms with Gasteiger partial charge in [-0.05, 0) is 65.8 Å². The zero-order valence-electron chi connectivity index (χ0n) is 22.2. The van der Waals surface area contributed by atoms with Crippen molar-refractivity contribution in [3.8, 4) is 0 Å². The quantitative estimate of drug-likeness (QED) is 0.311. The zero-order valence-corrected chi connectivity index (χ0v) is 25.6.